The van der Waals surface area contributed by atoms with Crippen molar-refractivity contribution in [1.29, 1.82) is 0 Å². The average Bonchev–Trinajstić information content (AvgIpc) is 3.31. The number of rotatable bonds is 3. The number of pyridine rings is 1. The number of furan rings is 1. The Morgan fingerprint density at radius 1 is 1.22 bits per heavy atom. The number of H-pyrrole nitrogens is 1. The highest BCUT2D eigenvalue weighted by atomic mass is 16.3. The molecule has 6 nitrogen and oxygen atoms in total. The van der Waals surface area contributed by atoms with Gasteiger partial charge >= 0.3 is 0 Å². The SMILES string of the molecule is Cc1ccc(C2c3nc[nH]c3CCN2Cc2ccc3cccc(O)c3n2)o1. The first-order valence-electron chi connectivity index (χ1n) is 9.09. The van der Waals surface area contributed by atoms with E-state index in [1.54, 1.807) is 12.4 Å². The lowest BCUT2D eigenvalue weighted by atomic mass is 10.00. The van der Waals surface area contributed by atoms with E-state index in [9.17, 15) is 5.11 Å². The number of hydrogen-bond acceptors (Lipinski definition) is 5. The molecular formula is C21H20N4O2. The quantitative estimate of drug-likeness (QED) is 0.582. The Labute approximate surface area is 156 Å². The van der Waals surface area contributed by atoms with Gasteiger partial charge in [-0.05, 0) is 31.2 Å². The van der Waals surface area contributed by atoms with Crippen LogP contribution in [0.3, 0.4) is 0 Å². The number of hydrogen-bond donors (Lipinski definition) is 2. The zero-order valence-electron chi connectivity index (χ0n) is 15.0. The first kappa shape index (κ1) is 16.1. The van der Waals surface area contributed by atoms with E-state index in [0.29, 0.717) is 12.1 Å². The van der Waals surface area contributed by atoms with Crippen LogP contribution in [0.2, 0.25) is 0 Å². The zero-order chi connectivity index (χ0) is 18.4. The lowest BCUT2D eigenvalue weighted by Gasteiger charge is -2.33. The third-order valence-electron chi connectivity index (χ3n) is 5.18. The van der Waals surface area contributed by atoms with Gasteiger partial charge in [0.25, 0.3) is 0 Å². The lowest BCUT2D eigenvalue weighted by Crippen LogP contribution is -2.35. The molecule has 0 spiro atoms. The molecule has 1 aromatic carbocycles. The highest BCUT2D eigenvalue weighted by molar-refractivity contribution is 5.84. The van der Waals surface area contributed by atoms with Crippen LogP contribution in [0.1, 0.15) is 34.6 Å². The van der Waals surface area contributed by atoms with Crippen LogP contribution in [0.15, 0.2) is 53.2 Å². The Morgan fingerprint density at radius 2 is 2.15 bits per heavy atom. The Balaban J connectivity index is 1.53. The Bertz CT molecular complexity index is 1110. The maximum Gasteiger partial charge on any atom is 0.141 e. The highest BCUT2D eigenvalue weighted by Crippen LogP contribution is 2.35. The van der Waals surface area contributed by atoms with Crippen LogP contribution in [0.5, 0.6) is 5.75 Å². The van der Waals surface area contributed by atoms with E-state index in [4.69, 9.17) is 9.40 Å². The van der Waals surface area contributed by atoms with E-state index >= 15 is 0 Å². The van der Waals surface area contributed by atoms with E-state index in [2.05, 4.69) is 14.9 Å². The maximum atomic E-state index is 10.1. The molecule has 0 saturated carbocycles. The molecule has 1 aliphatic heterocycles. The molecular weight excluding hydrogens is 340 g/mol. The second kappa shape index (κ2) is 6.25. The second-order valence-electron chi connectivity index (χ2n) is 6.99. The van der Waals surface area contributed by atoms with Gasteiger partial charge < -0.3 is 14.5 Å². The standard InChI is InChI=1S/C21H20N4O2/c1-13-5-8-18(27-13)21-20-16(22-12-23-20)9-10-25(21)11-15-7-6-14-3-2-4-17(26)19(14)24-15/h2-8,12,21,26H,9-11H2,1H3,(H,22,23). The average molecular weight is 360 g/mol. The van der Waals surface area contributed by atoms with Gasteiger partial charge in [-0.25, -0.2) is 9.97 Å². The summed E-state index contributed by atoms with van der Waals surface area (Å²) in [7, 11) is 0. The minimum atomic E-state index is -0.0458. The minimum absolute atomic E-state index is 0.0458. The normalized spacial score (nSPS) is 17.3. The third kappa shape index (κ3) is 2.78. The van der Waals surface area contributed by atoms with E-state index in [0.717, 1.165) is 47.0 Å². The summed E-state index contributed by atoms with van der Waals surface area (Å²) in [6.45, 7) is 3.48. The molecule has 0 aliphatic carbocycles. The van der Waals surface area contributed by atoms with Crippen molar-refractivity contribution in [1.82, 2.24) is 19.9 Å². The van der Waals surface area contributed by atoms with Gasteiger partial charge in [0.15, 0.2) is 0 Å². The fourth-order valence-electron chi connectivity index (χ4n) is 3.88. The summed E-state index contributed by atoms with van der Waals surface area (Å²) in [6.07, 6.45) is 2.66. The molecule has 0 saturated heterocycles. The highest BCUT2D eigenvalue weighted by Gasteiger charge is 2.33. The number of aromatic nitrogens is 3. The summed E-state index contributed by atoms with van der Waals surface area (Å²) in [6, 6.07) is 13.5. The number of aryl methyl sites for hydroxylation is 1. The van der Waals surface area contributed by atoms with E-state index in [1.807, 2.05) is 43.3 Å². The number of aromatic hydroxyl groups is 1. The van der Waals surface area contributed by atoms with E-state index in [1.165, 1.54) is 0 Å². The molecule has 2 N–H and O–H groups in total. The van der Waals surface area contributed by atoms with Crippen molar-refractivity contribution in [2.75, 3.05) is 6.54 Å². The molecule has 1 atom stereocenters. The monoisotopic (exact) mass is 360 g/mol. The van der Waals surface area contributed by atoms with Crippen LogP contribution in [0, 0.1) is 6.92 Å². The third-order valence-corrected chi connectivity index (χ3v) is 5.18. The largest absolute Gasteiger partial charge is 0.506 e. The van der Waals surface area contributed by atoms with Crippen molar-refractivity contribution >= 4 is 10.9 Å². The summed E-state index contributed by atoms with van der Waals surface area (Å²) in [4.78, 5) is 14.8. The summed E-state index contributed by atoms with van der Waals surface area (Å²) in [5, 5.41) is 11.1. The van der Waals surface area contributed by atoms with Gasteiger partial charge in [0.05, 0.1) is 17.7 Å². The van der Waals surface area contributed by atoms with Crippen LogP contribution in [0.4, 0.5) is 0 Å². The number of para-hydroxylation sites is 1. The topological polar surface area (TPSA) is 78.2 Å². The first-order valence-corrected chi connectivity index (χ1v) is 9.09. The number of benzene rings is 1. The number of fused-ring (bicyclic) bond motifs is 2. The second-order valence-corrected chi connectivity index (χ2v) is 6.99. The molecule has 0 fully saturated rings. The minimum Gasteiger partial charge on any atom is -0.506 e. The van der Waals surface area contributed by atoms with Crippen molar-refractivity contribution < 1.29 is 9.52 Å². The van der Waals surface area contributed by atoms with Crippen LogP contribution >= 0.6 is 0 Å². The predicted octanol–water partition coefficient (Wildman–Crippen LogP) is 3.71. The summed E-state index contributed by atoms with van der Waals surface area (Å²) in [5.41, 5.74) is 3.72. The van der Waals surface area contributed by atoms with Gasteiger partial charge in [0.2, 0.25) is 0 Å². The summed E-state index contributed by atoms with van der Waals surface area (Å²) in [5.74, 6) is 1.99. The Kier molecular flexibility index (Phi) is 3.72. The first-order chi connectivity index (χ1) is 13.2. The Morgan fingerprint density at radius 3 is 3.00 bits per heavy atom. The molecule has 1 aliphatic rings. The van der Waals surface area contributed by atoms with Crippen LogP contribution < -0.4 is 0 Å². The summed E-state index contributed by atoms with van der Waals surface area (Å²) >= 11 is 0. The summed E-state index contributed by atoms with van der Waals surface area (Å²) < 4.78 is 5.95. The van der Waals surface area contributed by atoms with Crippen molar-refractivity contribution in [3.8, 4) is 5.75 Å². The van der Waals surface area contributed by atoms with E-state index < -0.39 is 0 Å². The van der Waals surface area contributed by atoms with Crippen molar-refractivity contribution in [2.45, 2.75) is 25.9 Å². The van der Waals surface area contributed by atoms with Gasteiger partial charge in [-0.3, -0.25) is 4.90 Å². The number of phenols is 1. The van der Waals surface area contributed by atoms with Crippen molar-refractivity contribution in [2.24, 2.45) is 0 Å². The molecule has 0 amide bonds. The van der Waals surface area contributed by atoms with Gasteiger partial charge in [0.1, 0.15) is 28.8 Å². The predicted molar refractivity (Wildman–Crippen MR) is 101 cm³/mol. The fourth-order valence-corrected chi connectivity index (χ4v) is 3.88. The van der Waals surface area contributed by atoms with Crippen molar-refractivity contribution in [3.63, 3.8) is 0 Å². The van der Waals surface area contributed by atoms with Crippen LogP contribution in [-0.2, 0) is 13.0 Å². The molecule has 0 radical (unpaired) electrons. The molecule has 5 rings (SSSR count). The van der Waals surface area contributed by atoms with Crippen LogP contribution in [-0.4, -0.2) is 31.5 Å². The molecule has 27 heavy (non-hydrogen) atoms. The molecule has 4 heterocycles. The Hall–Kier alpha value is -3.12. The maximum absolute atomic E-state index is 10.1. The number of aromatic amines is 1. The smallest absolute Gasteiger partial charge is 0.141 e. The van der Waals surface area contributed by atoms with Gasteiger partial charge in [-0.2, -0.15) is 0 Å². The zero-order valence-corrected chi connectivity index (χ0v) is 15.0. The molecule has 4 aromatic rings. The number of imidazole rings is 1. The van der Waals surface area contributed by atoms with Gasteiger partial charge in [0, 0.05) is 30.6 Å². The molecule has 136 valence electrons. The van der Waals surface area contributed by atoms with Gasteiger partial charge in [-0.15, -0.1) is 0 Å². The van der Waals surface area contributed by atoms with Gasteiger partial charge in [-0.1, -0.05) is 18.2 Å². The number of nitrogens with one attached hydrogen (secondary N) is 1. The molecule has 0 bridgehead atoms. The molecule has 1 unspecified atom stereocenters. The van der Waals surface area contributed by atoms with Crippen molar-refractivity contribution in [3.05, 3.63) is 77.4 Å². The number of phenolic OH excluding ortho intramolecular Hbond substituents is 1. The molecule has 3 aromatic heterocycles. The van der Waals surface area contributed by atoms with Crippen LogP contribution in [0.25, 0.3) is 10.9 Å². The lowest BCUT2D eigenvalue weighted by molar-refractivity contribution is 0.176. The molecule has 6 heteroatoms. The number of nitrogens with zero attached hydrogens (tertiary/aromatic N) is 3. The van der Waals surface area contributed by atoms with E-state index in [-0.39, 0.29) is 11.8 Å². The fraction of sp³-hybridized carbons (Fsp3) is 0.238.